The summed E-state index contributed by atoms with van der Waals surface area (Å²) in [7, 11) is 1.30. The van der Waals surface area contributed by atoms with Gasteiger partial charge < -0.3 is 24.8 Å². The Morgan fingerprint density at radius 2 is 2.06 bits per heavy atom. The molecule has 1 aromatic heterocycles. The van der Waals surface area contributed by atoms with Gasteiger partial charge in [-0.05, 0) is 76.8 Å². The number of rotatable bonds is 9. The van der Waals surface area contributed by atoms with E-state index < -0.39 is 23.7 Å². The number of aryl methyl sites for hydroxylation is 2. The molecule has 8 nitrogen and oxygen atoms in total. The van der Waals surface area contributed by atoms with Gasteiger partial charge >= 0.3 is 12.1 Å². The second-order valence-electron chi connectivity index (χ2n) is 9.72. The lowest BCUT2D eigenvalue weighted by Crippen LogP contribution is -2.45. The van der Waals surface area contributed by atoms with Gasteiger partial charge in [0.2, 0.25) is 0 Å². The largest absolute Gasteiger partial charge is 0.467 e. The lowest BCUT2D eigenvalue weighted by Gasteiger charge is -2.35. The maximum absolute atomic E-state index is 12.0. The Morgan fingerprint density at radius 1 is 1.28 bits per heavy atom. The molecule has 1 atom stereocenters. The molecule has 3 rings (SSSR count). The van der Waals surface area contributed by atoms with Crippen LogP contribution in [0.2, 0.25) is 0 Å². The van der Waals surface area contributed by atoms with Crippen LogP contribution in [0.5, 0.6) is 0 Å². The Hall–Kier alpha value is -2.35. The standard InChI is InChI=1S/C24H37N3O5/c1-24(2,3)32-23(29)27-20(22(28)30-4)11-13-31-19-14-16(15-19)7-9-18-10-8-17-6-5-12-25-21(17)26-18/h8,10,16,19-20H,5-7,9,11-15H2,1-4H3,(H,25,26)(H,27,29)/t16-,19-,20-/m0/s1. The van der Waals surface area contributed by atoms with E-state index in [-0.39, 0.29) is 6.10 Å². The fourth-order valence-electron chi connectivity index (χ4n) is 4.10. The van der Waals surface area contributed by atoms with Gasteiger partial charge in [-0.2, -0.15) is 0 Å². The molecule has 1 aliphatic carbocycles. The Kier molecular flexibility index (Phi) is 8.34. The molecule has 8 heteroatoms. The highest BCUT2D eigenvalue weighted by Gasteiger charge is 2.31. The molecule has 1 fully saturated rings. The fourth-order valence-corrected chi connectivity index (χ4v) is 4.10. The number of pyridine rings is 1. The van der Waals surface area contributed by atoms with E-state index in [0.29, 0.717) is 18.9 Å². The number of carbonyl (C=O) groups is 2. The van der Waals surface area contributed by atoms with Gasteiger partial charge in [0.05, 0.1) is 13.2 Å². The van der Waals surface area contributed by atoms with Crippen LogP contribution in [0.4, 0.5) is 10.6 Å². The van der Waals surface area contributed by atoms with Crippen molar-refractivity contribution in [2.24, 2.45) is 5.92 Å². The highest BCUT2D eigenvalue weighted by atomic mass is 16.6. The first kappa shape index (κ1) is 24.3. The molecular formula is C24H37N3O5. The summed E-state index contributed by atoms with van der Waals surface area (Å²) >= 11 is 0. The Morgan fingerprint density at radius 3 is 2.78 bits per heavy atom. The summed E-state index contributed by atoms with van der Waals surface area (Å²) < 4.78 is 15.9. The molecule has 178 valence electrons. The van der Waals surface area contributed by atoms with Gasteiger partial charge in [0, 0.05) is 25.3 Å². The lowest BCUT2D eigenvalue weighted by molar-refractivity contribution is -0.144. The summed E-state index contributed by atoms with van der Waals surface area (Å²) in [6.45, 7) is 6.71. The van der Waals surface area contributed by atoms with E-state index >= 15 is 0 Å². The molecule has 0 spiro atoms. The van der Waals surface area contributed by atoms with Gasteiger partial charge in [-0.25, -0.2) is 14.6 Å². The van der Waals surface area contributed by atoms with Gasteiger partial charge in [0.15, 0.2) is 0 Å². The predicted octanol–water partition coefficient (Wildman–Crippen LogP) is 3.62. The molecule has 2 N–H and O–H groups in total. The van der Waals surface area contributed by atoms with E-state index in [0.717, 1.165) is 50.2 Å². The quantitative estimate of drug-likeness (QED) is 0.558. The van der Waals surface area contributed by atoms with Crippen molar-refractivity contribution in [2.45, 2.75) is 83.5 Å². The molecule has 1 saturated carbocycles. The minimum atomic E-state index is -0.783. The summed E-state index contributed by atoms with van der Waals surface area (Å²) in [5, 5.41) is 5.97. The molecule has 0 aromatic carbocycles. The van der Waals surface area contributed by atoms with Crippen LogP contribution in [0, 0.1) is 5.92 Å². The van der Waals surface area contributed by atoms with E-state index in [2.05, 4.69) is 22.8 Å². The first-order valence-corrected chi connectivity index (χ1v) is 11.6. The summed E-state index contributed by atoms with van der Waals surface area (Å²) in [5.74, 6) is 1.20. The SMILES string of the molecule is COC(=O)[C@H](CCO[C@H]1C[C@H](CCc2ccc3c(n2)NCCC3)C1)NC(=O)OC(C)(C)C. The number of aromatic nitrogens is 1. The second-order valence-corrected chi connectivity index (χ2v) is 9.72. The van der Waals surface area contributed by atoms with Gasteiger partial charge in [-0.3, -0.25) is 0 Å². The Balaban J connectivity index is 1.33. The number of ether oxygens (including phenoxy) is 3. The van der Waals surface area contributed by atoms with Crippen LogP contribution >= 0.6 is 0 Å². The monoisotopic (exact) mass is 447 g/mol. The number of carbonyl (C=O) groups excluding carboxylic acids is 2. The Bertz CT molecular complexity index is 786. The van der Waals surface area contributed by atoms with Crippen LogP contribution in [0.15, 0.2) is 12.1 Å². The lowest BCUT2D eigenvalue weighted by atomic mass is 9.79. The number of hydrogen-bond acceptors (Lipinski definition) is 7. The van der Waals surface area contributed by atoms with Crippen molar-refractivity contribution >= 4 is 17.9 Å². The molecule has 1 aromatic rings. The van der Waals surface area contributed by atoms with E-state index in [4.69, 9.17) is 19.2 Å². The summed E-state index contributed by atoms with van der Waals surface area (Å²) in [5.41, 5.74) is 1.84. The van der Waals surface area contributed by atoms with Crippen molar-refractivity contribution in [1.82, 2.24) is 10.3 Å². The van der Waals surface area contributed by atoms with Crippen molar-refractivity contribution in [2.75, 3.05) is 25.6 Å². The van der Waals surface area contributed by atoms with Crippen molar-refractivity contribution in [1.29, 1.82) is 0 Å². The highest BCUT2D eigenvalue weighted by Crippen LogP contribution is 2.34. The van der Waals surface area contributed by atoms with Crippen molar-refractivity contribution in [3.05, 3.63) is 23.4 Å². The molecule has 2 aliphatic rings. The highest BCUT2D eigenvalue weighted by molar-refractivity contribution is 5.81. The zero-order valence-electron chi connectivity index (χ0n) is 19.7. The van der Waals surface area contributed by atoms with Crippen LogP contribution in [0.25, 0.3) is 0 Å². The molecular weight excluding hydrogens is 410 g/mol. The van der Waals surface area contributed by atoms with Crippen LogP contribution in [-0.2, 0) is 31.8 Å². The van der Waals surface area contributed by atoms with Crippen molar-refractivity contribution < 1.29 is 23.8 Å². The third-order valence-corrected chi connectivity index (χ3v) is 5.89. The molecule has 32 heavy (non-hydrogen) atoms. The van der Waals surface area contributed by atoms with E-state index in [1.165, 1.54) is 19.1 Å². The molecule has 0 unspecified atom stereocenters. The van der Waals surface area contributed by atoms with Gasteiger partial charge in [0.25, 0.3) is 0 Å². The summed E-state index contributed by atoms with van der Waals surface area (Å²) in [4.78, 5) is 28.7. The second kappa shape index (κ2) is 11.0. The molecule has 1 amide bonds. The van der Waals surface area contributed by atoms with Crippen molar-refractivity contribution in [3.8, 4) is 0 Å². The number of nitrogens with zero attached hydrogens (tertiary/aromatic N) is 1. The minimum Gasteiger partial charge on any atom is -0.467 e. The van der Waals surface area contributed by atoms with Gasteiger partial charge in [-0.1, -0.05) is 6.07 Å². The molecule has 0 saturated heterocycles. The smallest absolute Gasteiger partial charge is 0.408 e. The zero-order valence-corrected chi connectivity index (χ0v) is 19.7. The number of fused-ring (bicyclic) bond motifs is 1. The van der Waals surface area contributed by atoms with Gasteiger partial charge in [0.1, 0.15) is 17.5 Å². The van der Waals surface area contributed by atoms with Crippen LogP contribution in [0.3, 0.4) is 0 Å². The summed E-state index contributed by atoms with van der Waals surface area (Å²) in [6, 6.07) is 3.58. The van der Waals surface area contributed by atoms with Crippen molar-refractivity contribution in [3.63, 3.8) is 0 Å². The average molecular weight is 448 g/mol. The van der Waals surface area contributed by atoms with Crippen LogP contribution in [0.1, 0.15) is 64.1 Å². The zero-order chi connectivity index (χ0) is 23.1. The first-order chi connectivity index (χ1) is 15.2. The molecule has 0 bridgehead atoms. The first-order valence-electron chi connectivity index (χ1n) is 11.6. The van der Waals surface area contributed by atoms with Crippen LogP contribution in [-0.4, -0.2) is 55.1 Å². The number of esters is 1. The van der Waals surface area contributed by atoms with Gasteiger partial charge in [-0.15, -0.1) is 0 Å². The minimum absolute atomic E-state index is 0.206. The number of amides is 1. The van der Waals surface area contributed by atoms with E-state index in [1.807, 2.05) is 0 Å². The number of anilines is 1. The Labute approximate surface area is 190 Å². The summed E-state index contributed by atoms with van der Waals surface area (Å²) in [6.07, 6.45) is 6.33. The topological polar surface area (TPSA) is 98.8 Å². The predicted molar refractivity (Wildman–Crippen MR) is 122 cm³/mol. The number of alkyl carbamates (subject to hydrolysis) is 1. The fraction of sp³-hybridized carbons (Fsp3) is 0.708. The molecule has 2 heterocycles. The number of hydrogen-bond donors (Lipinski definition) is 2. The van der Waals surface area contributed by atoms with E-state index in [9.17, 15) is 9.59 Å². The normalized spacial score (nSPS) is 20.9. The number of methoxy groups -OCH3 is 1. The van der Waals surface area contributed by atoms with E-state index in [1.54, 1.807) is 20.8 Å². The maximum atomic E-state index is 12.0. The average Bonchev–Trinajstić information content (AvgIpc) is 2.71. The van der Waals surface area contributed by atoms with Crippen LogP contribution < -0.4 is 10.6 Å². The molecule has 0 radical (unpaired) electrons. The molecule has 1 aliphatic heterocycles. The third kappa shape index (κ3) is 7.36. The number of nitrogens with one attached hydrogen (secondary N) is 2. The maximum Gasteiger partial charge on any atom is 0.408 e. The third-order valence-electron chi connectivity index (χ3n) is 5.89.